The van der Waals surface area contributed by atoms with Gasteiger partial charge in [0.25, 0.3) is 0 Å². The van der Waals surface area contributed by atoms with Gasteiger partial charge in [0.05, 0.1) is 23.4 Å². The third-order valence-corrected chi connectivity index (χ3v) is 6.56. The summed E-state index contributed by atoms with van der Waals surface area (Å²) in [6, 6.07) is 12.5. The van der Waals surface area contributed by atoms with Gasteiger partial charge in [-0.25, -0.2) is 9.67 Å². The van der Waals surface area contributed by atoms with Gasteiger partial charge in [-0.05, 0) is 65.2 Å². The number of tetrazole rings is 1. The van der Waals surface area contributed by atoms with Crippen LogP contribution in [0.3, 0.4) is 0 Å². The molecule has 0 spiro atoms. The second-order valence-electron chi connectivity index (χ2n) is 7.69. The Morgan fingerprint density at radius 1 is 1.03 bits per heavy atom. The number of aromatic amines is 1. The van der Waals surface area contributed by atoms with Crippen LogP contribution in [0.2, 0.25) is 0 Å². The van der Waals surface area contributed by atoms with Crippen LogP contribution >= 0.6 is 31.9 Å². The van der Waals surface area contributed by atoms with E-state index in [-0.39, 0.29) is 6.04 Å². The van der Waals surface area contributed by atoms with Crippen LogP contribution in [0.1, 0.15) is 55.6 Å². The molecule has 0 aliphatic heterocycles. The fourth-order valence-electron chi connectivity index (χ4n) is 4.21. The molecular formula is C21H21Br2N7. The Labute approximate surface area is 190 Å². The molecule has 2 N–H and O–H groups in total. The number of hydrogen-bond donors (Lipinski definition) is 2. The van der Waals surface area contributed by atoms with Gasteiger partial charge in [0.1, 0.15) is 6.04 Å². The number of aromatic nitrogens is 6. The van der Waals surface area contributed by atoms with E-state index in [0.717, 1.165) is 49.9 Å². The number of imidazole rings is 1. The predicted octanol–water partition coefficient (Wildman–Crippen LogP) is 5.78. The molecule has 0 amide bonds. The first-order chi connectivity index (χ1) is 14.7. The SMILES string of the molecule is Brc1cc(Br)cc(C(Nc2ccc3nc[nH]c3c2)c2nnnn2C2CCCCC2)c1. The van der Waals surface area contributed by atoms with Crippen molar-refractivity contribution in [2.75, 3.05) is 5.32 Å². The second-order valence-corrected chi connectivity index (χ2v) is 9.52. The number of rotatable bonds is 5. The zero-order chi connectivity index (χ0) is 20.5. The molecule has 5 rings (SSSR count). The maximum Gasteiger partial charge on any atom is 0.178 e. The zero-order valence-corrected chi connectivity index (χ0v) is 19.4. The summed E-state index contributed by atoms with van der Waals surface area (Å²) in [5, 5.41) is 16.6. The zero-order valence-electron chi connectivity index (χ0n) is 16.2. The Kier molecular flexibility index (Phi) is 5.56. The van der Waals surface area contributed by atoms with Crippen LogP contribution in [0.5, 0.6) is 0 Å². The third kappa shape index (κ3) is 4.00. The average Bonchev–Trinajstić information content (AvgIpc) is 3.41. The number of fused-ring (bicyclic) bond motifs is 1. The minimum absolute atomic E-state index is 0.198. The first-order valence-electron chi connectivity index (χ1n) is 10.1. The molecule has 2 heterocycles. The van der Waals surface area contributed by atoms with E-state index in [0.29, 0.717) is 6.04 Å². The van der Waals surface area contributed by atoms with Crippen molar-refractivity contribution in [1.29, 1.82) is 0 Å². The molecule has 1 saturated carbocycles. The van der Waals surface area contributed by atoms with Crippen molar-refractivity contribution in [1.82, 2.24) is 30.2 Å². The molecule has 9 heteroatoms. The van der Waals surface area contributed by atoms with Crippen LogP contribution in [0.25, 0.3) is 11.0 Å². The van der Waals surface area contributed by atoms with Crippen molar-refractivity contribution in [3.63, 3.8) is 0 Å². The molecule has 0 radical (unpaired) electrons. The van der Waals surface area contributed by atoms with E-state index < -0.39 is 0 Å². The average molecular weight is 531 g/mol. The fourth-order valence-corrected chi connectivity index (χ4v) is 5.54. The minimum Gasteiger partial charge on any atom is -0.371 e. The van der Waals surface area contributed by atoms with Crippen molar-refractivity contribution in [3.8, 4) is 0 Å². The lowest BCUT2D eigenvalue weighted by Crippen LogP contribution is -2.23. The Hall–Kier alpha value is -2.26. The van der Waals surface area contributed by atoms with Crippen LogP contribution in [-0.2, 0) is 0 Å². The molecule has 2 aromatic carbocycles. The minimum atomic E-state index is -0.198. The molecule has 30 heavy (non-hydrogen) atoms. The van der Waals surface area contributed by atoms with Crippen molar-refractivity contribution in [2.45, 2.75) is 44.2 Å². The van der Waals surface area contributed by atoms with E-state index in [9.17, 15) is 0 Å². The highest BCUT2D eigenvalue weighted by Gasteiger charge is 2.27. The molecule has 1 aliphatic rings. The summed E-state index contributed by atoms with van der Waals surface area (Å²) < 4.78 is 4.03. The van der Waals surface area contributed by atoms with Gasteiger partial charge in [0.2, 0.25) is 0 Å². The molecule has 1 unspecified atom stereocenters. The number of anilines is 1. The van der Waals surface area contributed by atoms with Crippen molar-refractivity contribution in [2.24, 2.45) is 0 Å². The summed E-state index contributed by atoms with van der Waals surface area (Å²) in [6.07, 6.45) is 7.68. The molecule has 1 fully saturated rings. The van der Waals surface area contributed by atoms with Crippen LogP contribution in [0, 0.1) is 0 Å². The van der Waals surface area contributed by atoms with E-state index in [4.69, 9.17) is 0 Å². The normalized spacial score (nSPS) is 16.1. The van der Waals surface area contributed by atoms with Crippen molar-refractivity contribution in [3.05, 3.63) is 63.1 Å². The van der Waals surface area contributed by atoms with Gasteiger partial charge < -0.3 is 10.3 Å². The molecule has 1 aliphatic carbocycles. The molecular weight excluding hydrogens is 510 g/mol. The maximum atomic E-state index is 4.46. The van der Waals surface area contributed by atoms with Gasteiger partial charge in [-0.3, -0.25) is 0 Å². The number of halogens is 2. The predicted molar refractivity (Wildman–Crippen MR) is 123 cm³/mol. The molecule has 7 nitrogen and oxygen atoms in total. The van der Waals surface area contributed by atoms with Gasteiger partial charge >= 0.3 is 0 Å². The number of H-pyrrole nitrogens is 1. The Morgan fingerprint density at radius 2 is 1.83 bits per heavy atom. The molecule has 2 aromatic heterocycles. The standard InChI is InChI=1S/C21H21Br2N7/c22-14-8-13(9-15(23)10-14)20(26-16-6-7-18-19(11-16)25-12-24-18)21-27-28-29-30(21)17-4-2-1-3-5-17/h6-12,17,20,26H,1-5H2,(H,24,25). The van der Waals surface area contributed by atoms with Crippen LogP contribution in [0.15, 0.2) is 51.7 Å². The second kappa shape index (κ2) is 8.47. The molecule has 0 saturated heterocycles. The van der Waals surface area contributed by atoms with E-state index in [1.165, 1.54) is 19.3 Å². The Balaban J connectivity index is 1.57. The maximum absolute atomic E-state index is 4.46. The molecule has 0 bridgehead atoms. The number of nitrogens with zero attached hydrogens (tertiary/aromatic N) is 5. The van der Waals surface area contributed by atoms with E-state index >= 15 is 0 Å². The number of nitrogens with one attached hydrogen (secondary N) is 2. The van der Waals surface area contributed by atoms with Crippen LogP contribution in [-0.4, -0.2) is 30.2 Å². The molecule has 4 aromatic rings. The lowest BCUT2D eigenvalue weighted by molar-refractivity contribution is 0.315. The fraction of sp³-hybridized carbons (Fsp3) is 0.333. The summed E-state index contributed by atoms with van der Waals surface area (Å²) in [7, 11) is 0. The highest BCUT2D eigenvalue weighted by atomic mass is 79.9. The Bertz CT molecular complexity index is 1140. The topological polar surface area (TPSA) is 84.3 Å². The first-order valence-corrected chi connectivity index (χ1v) is 11.7. The van der Waals surface area contributed by atoms with E-state index in [1.807, 2.05) is 22.9 Å². The van der Waals surface area contributed by atoms with Gasteiger partial charge in [0, 0.05) is 14.6 Å². The molecule has 1 atom stereocenters. The van der Waals surface area contributed by atoms with Crippen molar-refractivity contribution < 1.29 is 0 Å². The van der Waals surface area contributed by atoms with Crippen LogP contribution in [0.4, 0.5) is 5.69 Å². The third-order valence-electron chi connectivity index (χ3n) is 5.65. The molecule has 154 valence electrons. The number of hydrogen-bond acceptors (Lipinski definition) is 5. The summed E-state index contributed by atoms with van der Waals surface area (Å²) in [5.74, 6) is 0.830. The highest BCUT2D eigenvalue weighted by Crippen LogP contribution is 2.34. The monoisotopic (exact) mass is 529 g/mol. The highest BCUT2D eigenvalue weighted by molar-refractivity contribution is 9.11. The smallest absolute Gasteiger partial charge is 0.178 e. The Morgan fingerprint density at radius 3 is 2.63 bits per heavy atom. The summed E-state index contributed by atoms with van der Waals surface area (Å²) >= 11 is 7.25. The van der Waals surface area contributed by atoms with E-state index in [1.54, 1.807) is 6.33 Å². The first kappa shape index (κ1) is 19.7. The van der Waals surface area contributed by atoms with Gasteiger partial charge in [-0.2, -0.15) is 0 Å². The summed E-state index contributed by atoms with van der Waals surface area (Å²) in [6.45, 7) is 0. The lowest BCUT2D eigenvalue weighted by atomic mass is 9.95. The summed E-state index contributed by atoms with van der Waals surface area (Å²) in [4.78, 5) is 7.49. The van der Waals surface area contributed by atoms with Gasteiger partial charge in [-0.15, -0.1) is 5.10 Å². The largest absolute Gasteiger partial charge is 0.371 e. The van der Waals surface area contributed by atoms with Gasteiger partial charge in [0.15, 0.2) is 5.82 Å². The van der Waals surface area contributed by atoms with E-state index in [2.05, 4.69) is 80.9 Å². The van der Waals surface area contributed by atoms with Crippen molar-refractivity contribution >= 4 is 48.6 Å². The number of benzene rings is 2. The lowest BCUT2D eigenvalue weighted by Gasteiger charge is -2.26. The van der Waals surface area contributed by atoms with Gasteiger partial charge in [-0.1, -0.05) is 51.1 Å². The van der Waals surface area contributed by atoms with Crippen LogP contribution < -0.4 is 5.32 Å². The summed E-state index contributed by atoms with van der Waals surface area (Å²) in [5.41, 5.74) is 3.98. The quantitative estimate of drug-likeness (QED) is 0.341.